The molecule has 16 heavy (non-hydrogen) atoms. The van der Waals surface area contributed by atoms with Crippen molar-refractivity contribution in [3.05, 3.63) is 11.3 Å². The molecule has 1 heterocycles. The largest absolute Gasteiger partial charge is 0.313 e. The molecule has 0 unspecified atom stereocenters. The number of nitrogens with one attached hydrogen (secondary N) is 3. The van der Waals surface area contributed by atoms with Crippen molar-refractivity contribution in [2.45, 2.75) is 32.3 Å². The molecule has 0 aliphatic heterocycles. The second-order valence-electron chi connectivity index (χ2n) is 3.41. The predicted molar refractivity (Wildman–Crippen MR) is 61.6 cm³/mol. The quantitative estimate of drug-likeness (QED) is 0.665. The Labute approximate surface area is 95.9 Å². The fraction of sp³-hybridized carbons (Fsp3) is 0.667. The first-order valence-electron chi connectivity index (χ1n) is 5.27. The Kier molecular flexibility index (Phi) is 4.45. The van der Waals surface area contributed by atoms with Gasteiger partial charge in [0.2, 0.25) is 0 Å². The van der Waals surface area contributed by atoms with Gasteiger partial charge in [-0.2, -0.15) is 5.10 Å². The van der Waals surface area contributed by atoms with Gasteiger partial charge in [-0.3, -0.25) is 5.10 Å². The summed E-state index contributed by atoms with van der Waals surface area (Å²) in [4.78, 5) is 0. The van der Waals surface area contributed by atoms with Gasteiger partial charge in [-0.1, -0.05) is 13.8 Å². The van der Waals surface area contributed by atoms with E-state index in [1.54, 1.807) is 6.92 Å². The summed E-state index contributed by atoms with van der Waals surface area (Å²) >= 11 is 0. The zero-order chi connectivity index (χ0) is 12.2. The lowest BCUT2D eigenvalue weighted by molar-refractivity contribution is 0.576. The van der Waals surface area contributed by atoms with Crippen LogP contribution in [0.5, 0.6) is 0 Å². The van der Waals surface area contributed by atoms with E-state index in [4.69, 9.17) is 0 Å². The standard InChI is InChI=1S/C9H18N4O2S/c1-4-10-6-8-7(3)12-13-9(8)16(14,15)11-5-2/h10-11H,4-6H2,1-3H3,(H,12,13). The minimum absolute atomic E-state index is 0.0906. The van der Waals surface area contributed by atoms with Crippen LogP contribution in [0.15, 0.2) is 5.03 Å². The summed E-state index contributed by atoms with van der Waals surface area (Å²) in [6.45, 7) is 7.15. The number of rotatable bonds is 6. The highest BCUT2D eigenvalue weighted by Gasteiger charge is 2.22. The number of hydrogen-bond donors (Lipinski definition) is 3. The molecule has 0 amide bonds. The maximum absolute atomic E-state index is 11.8. The van der Waals surface area contributed by atoms with Crippen molar-refractivity contribution in [1.29, 1.82) is 0 Å². The molecule has 1 rings (SSSR count). The highest BCUT2D eigenvalue weighted by atomic mass is 32.2. The van der Waals surface area contributed by atoms with E-state index in [9.17, 15) is 8.42 Å². The first kappa shape index (κ1) is 13.1. The minimum atomic E-state index is -3.48. The smallest absolute Gasteiger partial charge is 0.260 e. The van der Waals surface area contributed by atoms with E-state index in [0.717, 1.165) is 12.2 Å². The second-order valence-corrected chi connectivity index (χ2v) is 5.10. The van der Waals surface area contributed by atoms with Crippen molar-refractivity contribution in [1.82, 2.24) is 20.2 Å². The molecule has 6 nitrogen and oxygen atoms in total. The molecule has 0 saturated carbocycles. The van der Waals surface area contributed by atoms with Crippen molar-refractivity contribution in [2.24, 2.45) is 0 Å². The minimum Gasteiger partial charge on any atom is -0.313 e. The first-order chi connectivity index (χ1) is 7.53. The zero-order valence-corrected chi connectivity index (χ0v) is 10.6. The highest BCUT2D eigenvalue weighted by molar-refractivity contribution is 7.89. The van der Waals surface area contributed by atoms with Crippen LogP contribution in [-0.4, -0.2) is 31.7 Å². The van der Waals surface area contributed by atoms with Gasteiger partial charge in [-0.15, -0.1) is 0 Å². The molecule has 0 aliphatic carbocycles. The topological polar surface area (TPSA) is 86.9 Å². The van der Waals surface area contributed by atoms with Gasteiger partial charge in [0.25, 0.3) is 10.0 Å². The summed E-state index contributed by atoms with van der Waals surface area (Å²) in [7, 11) is -3.48. The molecule has 7 heteroatoms. The van der Waals surface area contributed by atoms with E-state index in [-0.39, 0.29) is 5.03 Å². The molecule has 0 radical (unpaired) electrons. The van der Waals surface area contributed by atoms with Crippen LogP contribution >= 0.6 is 0 Å². The lowest BCUT2D eigenvalue weighted by atomic mass is 10.2. The first-order valence-corrected chi connectivity index (χ1v) is 6.75. The Morgan fingerprint density at radius 3 is 2.56 bits per heavy atom. The van der Waals surface area contributed by atoms with Crippen LogP contribution < -0.4 is 10.0 Å². The Morgan fingerprint density at radius 2 is 2.00 bits per heavy atom. The molecular weight excluding hydrogens is 228 g/mol. The van der Waals surface area contributed by atoms with E-state index in [0.29, 0.717) is 18.7 Å². The van der Waals surface area contributed by atoms with Gasteiger partial charge in [-0.05, 0) is 13.5 Å². The van der Waals surface area contributed by atoms with Gasteiger partial charge < -0.3 is 5.32 Å². The lowest BCUT2D eigenvalue weighted by Crippen LogP contribution is -2.25. The van der Waals surface area contributed by atoms with Gasteiger partial charge in [0.05, 0.1) is 0 Å². The third kappa shape index (κ3) is 2.81. The normalized spacial score (nSPS) is 11.9. The number of nitrogens with zero attached hydrogens (tertiary/aromatic N) is 1. The van der Waals surface area contributed by atoms with Crippen molar-refractivity contribution in [2.75, 3.05) is 13.1 Å². The number of aromatic amines is 1. The molecule has 1 aromatic rings. The van der Waals surface area contributed by atoms with Gasteiger partial charge in [0.15, 0.2) is 5.03 Å². The molecule has 0 saturated heterocycles. The third-order valence-corrected chi connectivity index (χ3v) is 3.69. The Morgan fingerprint density at radius 1 is 1.31 bits per heavy atom. The average Bonchev–Trinajstić information content (AvgIpc) is 2.57. The highest BCUT2D eigenvalue weighted by Crippen LogP contribution is 2.15. The Balaban J connectivity index is 3.05. The van der Waals surface area contributed by atoms with Crippen molar-refractivity contribution < 1.29 is 8.42 Å². The summed E-state index contributed by atoms with van der Waals surface area (Å²) in [5, 5.41) is 9.73. The molecule has 3 N–H and O–H groups in total. The molecule has 0 fully saturated rings. The third-order valence-electron chi connectivity index (χ3n) is 2.18. The van der Waals surface area contributed by atoms with Crippen LogP contribution in [0.25, 0.3) is 0 Å². The fourth-order valence-corrected chi connectivity index (χ4v) is 2.60. The van der Waals surface area contributed by atoms with E-state index in [2.05, 4.69) is 20.2 Å². The van der Waals surface area contributed by atoms with Crippen LogP contribution in [0.1, 0.15) is 25.1 Å². The fourth-order valence-electron chi connectivity index (χ4n) is 1.37. The molecular formula is C9H18N4O2S. The summed E-state index contributed by atoms with van der Waals surface area (Å²) in [6.07, 6.45) is 0. The van der Waals surface area contributed by atoms with Gasteiger partial charge in [0, 0.05) is 24.3 Å². The number of sulfonamides is 1. The SMILES string of the molecule is CCNCc1c(S(=O)(=O)NCC)n[nH]c1C. The van der Waals surface area contributed by atoms with Crippen LogP contribution in [0.2, 0.25) is 0 Å². The summed E-state index contributed by atoms with van der Waals surface area (Å²) in [5.41, 5.74) is 1.47. The monoisotopic (exact) mass is 246 g/mol. The maximum Gasteiger partial charge on any atom is 0.260 e. The molecule has 0 spiro atoms. The molecule has 0 aliphatic rings. The number of aryl methyl sites for hydroxylation is 1. The summed E-state index contributed by atoms with van der Waals surface area (Å²) in [6, 6.07) is 0. The molecule has 92 valence electrons. The number of H-pyrrole nitrogens is 1. The van der Waals surface area contributed by atoms with E-state index < -0.39 is 10.0 Å². The maximum atomic E-state index is 11.8. The van der Waals surface area contributed by atoms with Crippen molar-refractivity contribution in [3.8, 4) is 0 Å². The van der Waals surface area contributed by atoms with Crippen LogP contribution in [-0.2, 0) is 16.6 Å². The molecule has 0 aromatic carbocycles. The second kappa shape index (κ2) is 5.42. The van der Waals surface area contributed by atoms with Crippen LogP contribution in [0.3, 0.4) is 0 Å². The molecule has 0 atom stereocenters. The molecule has 0 bridgehead atoms. The zero-order valence-electron chi connectivity index (χ0n) is 9.79. The predicted octanol–water partition coefficient (Wildman–Crippen LogP) is 0.126. The van der Waals surface area contributed by atoms with Crippen molar-refractivity contribution >= 4 is 10.0 Å². The van der Waals surface area contributed by atoms with Crippen molar-refractivity contribution in [3.63, 3.8) is 0 Å². The molecule has 1 aromatic heterocycles. The van der Waals surface area contributed by atoms with E-state index in [1.165, 1.54) is 0 Å². The lowest BCUT2D eigenvalue weighted by Gasteiger charge is -2.05. The van der Waals surface area contributed by atoms with E-state index >= 15 is 0 Å². The Bertz CT molecular complexity index is 438. The van der Waals surface area contributed by atoms with Crippen LogP contribution in [0.4, 0.5) is 0 Å². The van der Waals surface area contributed by atoms with E-state index in [1.807, 2.05) is 13.8 Å². The van der Waals surface area contributed by atoms with Gasteiger partial charge >= 0.3 is 0 Å². The van der Waals surface area contributed by atoms with Crippen LogP contribution in [0, 0.1) is 6.92 Å². The summed E-state index contributed by atoms with van der Waals surface area (Å²) in [5.74, 6) is 0. The average molecular weight is 246 g/mol. The summed E-state index contributed by atoms with van der Waals surface area (Å²) < 4.78 is 26.0. The van der Waals surface area contributed by atoms with Gasteiger partial charge in [-0.25, -0.2) is 13.1 Å². The number of aromatic nitrogens is 2. The Hall–Kier alpha value is -0.920. The number of hydrogen-bond acceptors (Lipinski definition) is 4. The van der Waals surface area contributed by atoms with Gasteiger partial charge in [0.1, 0.15) is 0 Å².